The summed E-state index contributed by atoms with van der Waals surface area (Å²) < 4.78 is 3.91. The summed E-state index contributed by atoms with van der Waals surface area (Å²) in [7, 11) is 0. The van der Waals surface area contributed by atoms with Crippen molar-refractivity contribution in [3.05, 3.63) is 136 Å². The minimum atomic E-state index is -0.0408. The molecule has 0 radical (unpaired) electrons. The van der Waals surface area contributed by atoms with Gasteiger partial charge in [-0.05, 0) is 53.4 Å². The smallest absolute Gasteiger partial charge is 0.203 e. The largest absolute Gasteiger partial charge is 0.309 e. The number of carbonyl (C=O) groups excluding carboxylic acids is 1. The molecule has 4 aromatic carbocycles. The molecule has 0 unspecified atom stereocenters. The lowest BCUT2D eigenvalue weighted by atomic mass is 10.1. The number of nitrogens with zero attached hydrogens (tertiary/aromatic N) is 3. The van der Waals surface area contributed by atoms with E-state index in [0.29, 0.717) is 22.7 Å². The van der Waals surface area contributed by atoms with Crippen LogP contribution in [0.3, 0.4) is 0 Å². The van der Waals surface area contributed by atoms with E-state index in [9.17, 15) is 4.79 Å². The van der Waals surface area contributed by atoms with Crippen LogP contribution in [0.2, 0.25) is 5.02 Å². The van der Waals surface area contributed by atoms with Crippen LogP contribution < -0.4 is 5.62 Å². The normalized spacial score (nSPS) is 11.1. The fourth-order valence-electron chi connectivity index (χ4n) is 5.15. The summed E-state index contributed by atoms with van der Waals surface area (Å²) in [5, 5.41) is 9.75. The summed E-state index contributed by atoms with van der Waals surface area (Å²) in [5.41, 5.74) is 6.58. The van der Waals surface area contributed by atoms with Gasteiger partial charge in [0, 0.05) is 36.8 Å². The molecule has 206 valence electrons. The van der Waals surface area contributed by atoms with Crippen molar-refractivity contribution in [2.75, 3.05) is 6.54 Å². The molecule has 5 nitrogen and oxygen atoms in total. The van der Waals surface area contributed by atoms with Crippen LogP contribution in [0.25, 0.3) is 11.0 Å². The summed E-state index contributed by atoms with van der Waals surface area (Å²) in [6, 6.07) is 34.1. The van der Waals surface area contributed by atoms with Gasteiger partial charge in [-0.3, -0.25) is 15.1 Å². The molecule has 5 aromatic rings. The Bertz CT molecular complexity index is 1570. The van der Waals surface area contributed by atoms with Gasteiger partial charge in [0.2, 0.25) is 5.62 Å². The Balaban J connectivity index is 0.00000370. The van der Waals surface area contributed by atoms with E-state index >= 15 is 0 Å². The maximum Gasteiger partial charge on any atom is 0.203 e. The number of nitrogens with one attached hydrogen (secondary N) is 1. The van der Waals surface area contributed by atoms with Crippen molar-refractivity contribution in [1.29, 1.82) is 5.41 Å². The summed E-state index contributed by atoms with van der Waals surface area (Å²) in [6.07, 6.45) is 0.851. The van der Waals surface area contributed by atoms with Crippen molar-refractivity contribution < 1.29 is 4.79 Å². The monoisotopic (exact) mass is 616 g/mol. The van der Waals surface area contributed by atoms with E-state index in [0.717, 1.165) is 37.1 Å². The predicted molar refractivity (Wildman–Crippen MR) is 168 cm³/mol. The molecule has 0 amide bonds. The van der Waals surface area contributed by atoms with E-state index in [1.54, 1.807) is 24.3 Å². The third-order valence-corrected chi connectivity index (χ3v) is 7.41. The van der Waals surface area contributed by atoms with Crippen molar-refractivity contribution in [2.45, 2.75) is 39.5 Å². The molecule has 0 saturated carbocycles. The number of carbonyl (C=O) groups is 1. The zero-order valence-corrected chi connectivity index (χ0v) is 25.1. The van der Waals surface area contributed by atoms with Gasteiger partial charge in [0.25, 0.3) is 0 Å². The van der Waals surface area contributed by atoms with Gasteiger partial charge in [-0.1, -0.05) is 91.3 Å². The van der Waals surface area contributed by atoms with Crippen molar-refractivity contribution in [3.63, 3.8) is 0 Å². The topological polar surface area (TPSA) is 54.0 Å². The summed E-state index contributed by atoms with van der Waals surface area (Å²) >= 11 is 6.03. The molecule has 0 bridgehead atoms. The zero-order valence-electron chi connectivity index (χ0n) is 22.6. The van der Waals surface area contributed by atoms with Gasteiger partial charge in [0.1, 0.15) is 0 Å². The number of benzene rings is 4. The molecule has 0 aliphatic carbocycles. The third kappa shape index (κ3) is 6.81. The second-order valence-electron chi connectivity index (χ2n) is 9.81. The average Bonchev–Trinajstić information content (AvgIpc) is 3.23. The van der Waals surface area contributed by atoms with E-state index in [1.165, 1.54) is 16.7 Å². The van der Waals surface area contributed by atoms with Crippen LogP contribution in [-0.2, 0) is 32.6 Å². The number of hydrogen-bond donors (Lipinski definition) is 1. The molecule has 40 heavy (non-hydrogen) atoms. The number of para-hydroxylation sites is 1. The first kappa shape index (κ1) is 29.5. The maximum atomic E-state index is 13.2. The number of rotatable bonds is 11. The maximum absolute atomic E-state index is 13.2. The van der Waals surface area contributed by atoms with Gasteiger partial charge in [0.05, 0.1) is 17.6 Å². The second-order valence-corrected chi connectivity index (χ2v) is 10.2. The second kappa shape index (κ2) is 13.8. The first-order valence-electron chi connectivity index (χ1n) is 13.4. The fourth-order valence-corrected chi connectivity index (χ4v) is 5.27. The number of aryl methyl sites for hydroxylation is 1. The molecule has 0 atom stereocenters. The molecule has 1 aromatic heterocycles. The number of ketones is 1. The average molecular weight is 618 g/mol. The Morgan fingerprint density at radius 1 is 0.800 bits per heavy atom. The van der Waals surface area contributed by atoms with E-state index in [-0.39, 0.29) is 29.3 Å². The molecule has 0 spiro atoms. The first-order valence-corrected chi connectivity index (χ1v) is 13.8. The van der Waals surface area contributed by atoms with Crippen LogP contribution in [0.4, 0.5) is 0 Å². The standard InChI is InChI=1S/C33H33ClN4O.BrH/c1-2-27-14-9-15-30-32(27)37(33(35)38(30)24-31(39)28-16-18-29(34)19-17-28)21-20-36(22-25-10-5-3-6-11-25)23-26-12-7-4-8-13-26;/h3-19,35H,2,20-24H2,1H3;1H. The highest BCUT2D eigenvalue weighted by molar-refractivity contribution is 8.93. The highest BCUT2D eigenvalue weighted by Crippen LogP contribution is 2.21. The van der Waals surface area contributed by atoms with Crippen LogP contribution >= 0.6 is 28.6 Å². The van der Waals surface area contributed by atoms with Crippen LogP contribution in [-0.4, -0.2) is 26.4 Å². The van der Waals surface area contributed by atoms with Crippen molar-refractivity contribution in [1.82, 2.24) is 14.0 Å². The van der Waals surface area contributed by atoms with Gasteiger partial charge < -0.3 is 9.13 Å². The number of imidazole rings is 1. The molecule has 0 saturated heterocycles. The lowest BCUT2D eigenvalue weighted by Gasteiger charge is -2.23. The SMILES string of the molecule is Br.CCc1cccc2c1n(CCN(Cc1ccccc1)Cc1ccccc1)c(=N)n2CC(=O)c1ccc(Cl)cc1. The number of fused-ring (bicyclic) bond motifs is 1. The molecule has 0 aliphatic heterocycles. The molecule has 0 aliphatic rings. The van der Waals surface area contributed by atoms with Gasteiger partial charge in [-0.25, -0.2) is 0 Å². The Labute approximate surface area is 250 Å². The summed E-state index contributed by atoms with van der Waals surface area (Å²) in [5.74, 6) is -0.0408. The highest BCUT2D eigenvalue weighted by atomic mass is 79.9. The molecular formula is C33H34BrClN4O. The molecule has 5 rings (SSSR count). The Morgan fingerprint density at radius 3 is 1.98 bits per heavy atom. The quantitative estimate of drug-likeness (QED) is 0.158. The highest BCUT2D eigenvalue weighted by Gasteiger charge is 2.18. The lowest BCUT2D eigenvalue weighted by molar-refractivity contribution is 0.0971. The Morgan fingerprint density at radius 2 is 1.40 bits per heavy atom. The van der Waals surface area contributed by atoms with E-state index < -0.39 is 0 Å². The third-order valence-electron chi connectivity index (χ3n) is 7.16. The van der Waals surface area contributed by atoms with Gasteiger partial charge in [0.15, 0.2) is 5.78 Å². The van der Waals surface area contributed by atoms with Gasteiger partial charge >= 0.3 is 0 Å². The Kier molecular flexibility index (Phi) is 10.2. The van der Waals surface area contributed by atoms with Crippen molar-refractivity contribution >= 4 is 45.4 Å². The number of hydrogen-bond acceptors (Lipinski definition) is 3. The van der Waals surface area contributed by atoms with Crippen LogP contribution in [0.5, 0.6) is 0 Å². The number of halogens is 2. The summed E-state index contributed by atoms with van der Waals surface area (Å²) in [6.45, 7) is 5.29. The molecule has 1 N–H and O–H groups in total. The molecule has 0 fully saturated rings. The van der Waals surface area contributed by atoms with E-state index in [4.69, 9.17) is 17.0 Å². The number of Topliss-reactive ketones (excluding diaryl/α,β-unsaturated/α-hetero) is 1. The molecule has 1 heterocycles. The molecular weight excluding hydrogens is 584 g/mol. The van der Waals surface area contributed by atoms with Crippen LogP contribution in [0, 0.1) is 5.41 Å². The summed E-state index contributed by atoms with van der Waals surface area (Å²) in [4.78, 5) is 15.6. The minimum Gasteiger partial charge on any atom is -0.309 e. The zero-order chi connectivity index (χ0) is 27.2. The predicted octanol–water partition coefficient (Wildman–Crippen LogP) is 7.30. The van der Waals surface area contributed by atoms with Crippen molar-refractivity contribution in [2.24, 2.45) is 0 Å². The van der Waals surface area contributed by atoms with E-state index in [2.05, 4.69) is 71.0 Å². The lowest BCUT2D eigenvalue weighted by Crippen LogP contribution is -2.32. The van der Waals surface area contributed by atoms with Gasteiger partial charge in [-0.15, -0.1) is 17.0 Å². The minimum absolute atomic E-state index is 0. The van der Waals surface area contributed by atoms with Crippen LogP contribution in [0.1, 0.15) is 34.0 Å². The van der Waals surface area contributed by atoms with E-state index in [1.807, 2.05) is 28.8 Å². The first-order chi connectivity index (χ1) is 19.0. The molecule has 7 heteroatoms. The van der Waals surface area contributed by atoms with Crippen molar-refractivity contribution in [3.8, 4) is 0 Å². The van der Waals surface area contributed by atoms with Gasteiger partial charge in [-0.2, -0.15) is 0 Å². The Hall–Kier alpha value is -3.45. The number of aromatic nitrogens is 2. The fraction of sp³-hybridized carbons (Fsp3) is 0.212. The van der Waals surface area contributed by atoms with Crippen LogP contribution in [0.15, 0.2) is 103 Å².